The van der Waals surface area contributed by atoms with Gasteiger partial charge in [0.1, 0.15) is 0 Å². The number of rotatable bonds is 2. The molecule has 0 nitrogen and oxygen atoms in total. The predicted molar refractivity (Wildman–Crippen MR) is 43.4 cm³/mol. The van der Waals surface area contributed by atoms with Crippen LogP contribution in [0.15, 0.2) is 24.3 Å². The maximum Gasteiger partial charge on any atom is 0.000419 e. The Morgan fingerprint density at radius 2 is 1.22 bits per heavy atom. The standard InChI is InChI=1S/C9H16/c1-5-7-9(3,4)8-6-2/h5-8H,1-4H3. The number of hydrogen-bond donors (Lipinski definition) is 0. The van der Waals surface area contributed by atoms with Crippen molar-refractivity contribution in [3.05, 3.63) is 24.3 Å². The molecule has 0 bridgehead atoms. The molecule has 0 rings (SSSR count). The Morgan fingerprint density at radius 3 is 1.44 bits per heavy atom. The average molecular weight is 124 g/mol. The van der Waals surface area contributed by atoms with Crippen molar-refractivity contribution in [2.75, 3.05) is 0 Å². The van der Waals surface area contributed by atoms with Gasteiger partial charge in [-0.25, -0.2) is 0 Å². The van der Waals surface area contributed by atoms with Crippen molar-refractivity contribution >= 4 is 0 Å². The lowest BCUT2D eigenvalue weighted by molar-refractivity contribution is 0.624. The van der Waals surface area contributed by atoms with Gasteiger partial charge in [-0.2, -0.15) is 0 Å². The molecule has 0 fully saturated rings. The first-order valence-corrected chi connectivity index (χ1v) is 3.40. The second kappa shape index (κ2) is 3.49. The van der Waals surface area contributed by atoms with Gasteiger partial charge in [-0.05, 0) is 13.8 Å². The molecule has 0 saturated heterocycles. The lowest BCUT2D eigenvalue weighted by Crippen LogP contribution is -2.00. The van der Waals surface area contributed by atoms with Gasteiger partial charge in [0.15, 0.2) is 0 Å². The fourth-order valence-corrected chi connectivity index (χ4v) is 0.915. The Balaban J connectivity index is 4.01. The monoisotopic (exact) mass is 124 g/mol. The third kappa shape index (κ3) is 4.01. The lowest BCUT2D eigenvalue weighted by Gasteiger charge is -2.12. The molecule has 0 unspecified atom stereocenters. The summed E-state index contributed by atoms with van der Waals surface area (Å²) in [5.41, 5.74) is 0.240. The summed E-state index contributed by atoms with van der Waals surface area (Å²) >= 11 is 0. The highest BCUT2D eigenvalue weighted by molar-refractivity contribution is 5.05. The van der Waals surface area contributed by atoms with E-state index in [1.165, 1.54) is 0 Å². The van der Waals surface area contributed by atoms with Crippen molar-refractivity contribution in [2.24, 2.45) is 5.41 Å². The Kier molecular flexibility index (Phi) is 3.29. The van der Waals surface area contributed by atoms with Crippen LogP contribution < -0.4 is 0 Å². The predicted octanol–water partition coefficient (Wildman–Crippen LogP) is 3.16. The summed E-state index contributed by atoms with van der Waals surface area (Å²) in [4.78, 5) is 0. The number of hydrogen-bond acceptors (Lipinski definition) is 0. The van der Waals surface area contributed by atoms with Crippen LogP contribution >= 0.6 is 0 Å². The van der Waals surface area contributed by atoms with Gasteiger partial charge in [-0.1, -0.05) is 38.2 Å². The van der Waals surface area contributed by atoms with E-state index in [2.05, 4.69) is 38.2 Å². The van der Waals surface area contributed by atoms with E-state index in [1.807, 2.05) is 13.8 Å². The van der Waals surface area contributed by atoms with Gasteiger partial charge in [-0.15, -0.1) is 0 Å². The Morgan fingerprint density at radius 1 is 0.889 bits per heavy atom. The molecule has 0 spiro atoms. The quantitative estimate of drug-likeness (QED) is 0.496. The van der Waals surface area contributed by atoms with E-state index in [-0.39, 0.29) is 5.41 Å². The van der Waals surface area contributed by atoms with Crippen molar-refractivity contribution in [3.8, 4) is 0 Å². The second-order valence-electron chi connectivity index (χ2n) is 2.82. The van der Waals surface area contributed by atoms with Crippen LogP contribution in [-0.4, -0.2) is 0 Å². The summed E-state index contributed by atoms with van der Waals surface area (Å²) in [7, 11) is 0. The first-order chi connectivity index (χ1) is 4.12. The van der Waals surface area contributed by atoms with Crippen LogP contribution in [0.5, 0.6) is 0 Å². The molecule has 0 radical (unpaired) electrons. The van der Waals surface area contributed by atoms with Crippen LogP contribution in [0.2, 0.25) is 0 Å². The van der Waals surface area contributed by atoms with E-state index in [1.54, 1.807) is 0 Å². The summed E-state index contributed by atoms with van der Waals surface area (Å²) in [5.74, 6) is 0. The van der Waals surface area contributed by atoms with Crippen LogP contribution in [0.25, 0.3) is 0 Å². The molecule has 52 valence electrons. The first-order valence-electron chi connectivity index (χ1n) is 3.40. The molecular weight excluding hydrogens is 108 g/mol. The molecule has 0 aliphatic rings. The summed E-state index contributed by atoms with van der Waals surface area (Å²) in [6.07, 6.45) is 8.54. The van der Waals surface area contributed by atoms with Gasteiger partial charge in [0.05, 0.1) is 0 Å². The fourth-order valence-electron chi connectivity index (χ4n) is 0.915. The SMILES string of the molecule is CC=CC(C)(C)C=CC. The number of allylic oxidation sites excluding steroid dienone is 4. The van der Waals surface area contributed by atoms with E-state index in [4.69, 9.17) is 0 Å². The largest absolute Gasteiger partial charge is 0.0908 e. The minimum atomic E-state index is 0.240. The zero-order valence-electron chi connectivity index (χ0n) is 6.81. The highest BCUT2D eigenvalue weighted by atomic mass is 14.1. The van der Waals surface area contributed by atoms with E-state index < -0.39 is 0 Å². The molecule has 0 heterocycles. The third-order valence-corrected chi connectivity index (χ3v) is 1.19. The molecule has 0 amide bonds. The molecule has 0 aromatic carbocycles. The van der Waals surface area contributed by atoms with E-state index in [0.717, 1.165) is 0 Å². The molecule has 0 aromatic rings. The van der Waals surface area contributed by atoms with Gasteiger partial charge in [0, 0.05) is 5.41 Å². The van der Waals surface area contributed by atoms with Crippen molar-refractivity contribution in [3.63, 3.8) is 0 Å². The molecule has 0 atom stereocenters. The minimum absolute atomic E-state index is 0.240. The van der Waals surface area contributed by atoms with Crippen LogP contribution in [0.1, 0.15) is 27.7 Å². The summed E-state index contributed by atoms with van der Waals surface area (Å²) in [5, 5.41) is 0. The topological polar surface area (TPSA) is 0 Å². The van der Waals surface area contributed by atoms with Crippen LogP contribution in [0, 0.1) is 5.41 Å². The second-order valence-corrected chi connectivity index (χ2v) is 2.82. The molecular formula is C9H16. The molecule has 9 heavy (non-hydrogen) atoms. The fraction of sp³-hybridized carbons (Fsp3) is 0.556. The van der Waals surface area contributed by atoms with Gasteiger partial charge in [-0.3, -0.25) is 0 Å². The van der Waals surface area contributed by atoms with Gasteiger partial charge >= 0.3 is 0 Å². The van der Waals surface area contributed by atoms with Crippen LogP contribution in [-0.2, 0) is 0 Å². The van der Waals surface area contributed by atoms with Crippen molar-refractivity contribution in [1.29, 1.82) is 0 Å². The Labute approximate surface area is 58.3 Å². The zero-order valence-corrected chi connectivity index (χ0v) is 6.81. The molecule has 0 aliphatic carbocycles. The molecule has 0 aliphatic heterocycles. The Bertz CT molecular complexity index is 102. The smallest absolute Gasteiger partial charge is 0.000419 e. The van der Waals surface area contributed by atoms with Crippen molar-refractivity contribution in [1.82, 2.24) is 0 Å². The third-order valence-electron chi connectivity index (χ3n) is 1.19. The summed E-state index contributed by atoms with van der Waals surface area (Å²) < 4.78 is 0. The van der Waals surface area contributed by atoms with E-state index in [0.29, 0.717) is 0 Å². The van der Waals surface area contributed by atoms with Gasteiger partial charge < -0.3 is 0 Å². The van der Waals surface area contributed by atoms with Crippen molar-refractivity contribution in [2.45, 2.75) is 27.7 Å². The zero-order chi connectivity index (χ0) is 7.33. The maximum atomic E-state index is 2.19. The summed E-state index contributed by atoms with van der Waals surface area (Å²) in [6.45, 7) is 8.47. The van der Waals surface area contributed by atoms with E-state index >= 15 is 0 Å². The molecule has 0 heteroatoms. The minimum Gasteiger partial charge on any atom is -0.0908 e. The van der Waals surface area contributed by atoms with Crippen LogP contribution in [0.4, 0.5) is 0 Å². The highest BCUT2D eigenvalue weighted by Gasteiger charge is 2.05. The first kappa shape index (κ1) is 8.48. The molecule has 0 N–H and O–H groups in total. The van der Waals surface area contributed by atoms with Gasteiger partial charge in [0.2, 0.25) is 0 Å². The molecule has 0 saturated carbocycles. The van der Waals surface area contributed by atoms with Crippen molar-refractivity contribution < 1.29 is 0 Å². The Hall–Kier alpha value is -0.520. The highest BCUT2D eigenvalue weighted by Crippen LogP contribution is 2.17. The maximum absolute atomic E-state index is 2.19. The lowest BCUT2D eigenvalue weighted by atomic mass is 9.93. The van der Waals surface area contributed by atoms with Crippen LogP contribution in [0.3, 0.4) is 0 Å². The summed E-state index contributed by atoms with van der Waals surface area (Å²) in [6, 6.07) is 0. The average Bonchev–Trinajstić information content (AvgIpc) is 1.64. The normalized spacial score (nSPS) is 13.8. The molecule has 0 aromatic heterocycles. The van der Waals surface area contributed by atoms with E-state index in [9.17, 15) is 0 Å². The van der Waals surface area contributed by atoms with Gasteiger partial charge in [0.25, 0.3) is 0 Å².